The quantitative estimate of drug-likeness (QED) is 0.330. The maximum absolute atomic E-state index is 11.8. The molecule has 2 fully saturated rings. The largest absolute Gasteiger partial charge is 0.356 e. The molecule has 8 heteroatoms. The molecule has 2 rings (SSSR count). The molecule has 1 aliphatic heterocycles. The molecule has 152 valence electrons. The van der Waals surface area contributed by atoms with E-state index >= 15 is 0 Å². The molecule has 1 saturated heterocycles. The molecule has 0 aromatic heterocycles. The van der Waals surface area contributed by atoms with Gasteiger partial charge in [-0.2, -0.15) is 0 Å². The Morgan fingerprint density at radius 2 is 1.81 bits per heavy atom. The second kappa shape index (κ2) is 12.0. The average molecular weight is 482 g/mol. The molecule has 26 heavy (non-hydrogen) atoms. The summed E-state index contributed by atoms with van der Waals surface area (Å²) in [6, 6.07) is 0. The van der Waals surface area contributed by atoms with E-state index in [2.05, 4.69) is 15.6 Å². The Morgan fingerprint density at radius 3 is 2.42 bits per heavy atom. The van der Waals surface area contributed by atoms with E-state index in [0.29, 0.717) is 31.6 Å². The third kappa shape index (κ3) is 8.39. The van der Waals surface area contributed by atoms with Gasteiger partial charge < -0.3 is 25.0 Å². The van der Waals surface area contributed by atoms with Crippen LogP contribution in [0.1, 0.15) is 45.4 Å². The molecule has 0 atom stereocenters. The SMILES string of the molecule is CN(C)C(=O)CN=C(NCCC1(C)OCCO1)NCC1CCCCC1.I. The standard InChI is InChI=1S/C18H34N4O3.HI/c1-18(24-11-12-25-18)9-10-19-17(21-14-16(23)22(2)3)20-13-15-7-5-4-6-8-15;/h15H,4-14H2,1-3H3,(H2,19,20,21);1H. The van der Waals surface area contributed by atoms with E-state index in [1.807, 2.05) is 6.92 Å². The number of nitrogens with one attached hydrogen (secondary N) is 2. The fraction of sp³-hybridized carbons (Fsp3) is 0.889. The lowest BCUT2D eigenvalue weighted by Crippen LogP contribution is -2.43. The molecule has 0 radical (unpaired) electrons. The molecule has 1 aliphatic carbocycles. The molecule has 1 saturated carbocycles. The van der Waals surface area contributed by atoms with Gasteiger partial charge in [0.2, 0.25) is 5.91 Å². The van der Waals surface area contributed by atoms with E-state index in [-0.39, 0.29) is 36.4 Å². The highest BCUT2D eigenvalue weighted by atomic mass is 127. The van der Waals surface area contributed by atoms with Gasteiger partial charge in [-0.1, -0.05) is 19.3 Å². The van der Waals surface area contributed by atoms with E-state index in [1.54, 1.807) is 19.0 Å². The van der Waals surface area contributed by atoms with Crippen LogP contribution in [0.3, 0.4) is 0 Å². The summed E-state index contributed by atoms with van der Waals surface area (Å²) in [5, 5.41) is 6.72. The van der Waals surface area contributed by atoms with E-state index in [1.165, 1.54) is 32.1 Å². The van der Waals surface area contributed by atoms with Gasteiger partial charge in [0.25, 0.3) is 0 Å². The maximum Gasteiger partial charge on any atom is 0.243 e. The summed E-state index contributed by atoms with van der Waals surface area (Å²) in [6.07, 6.45) is 7.27. The van der Waals surface area contributed by atoms with Crippen molar-refractivity contribution >= 4 is 35.8 Å². The summed E-state index contributed by atoms with van der Waals surface area (Å²) < 4.78 is 11.2. The van der Waals surface area contributed by atoms with E-state index in [0.717, 1.165) is 13.0 Å². The molecular weight excluding hydrogens is 447 g/mol. The number of guanidine groups is 1. The number of nitrogens with zero attached hydrogens (tertiary/aromatic N) is 2. The van der Waals surface area contributed by atoms with Crippen LogP contribution in [-0.4, -0.2) is 69.5 Å². The van der Waals surface area contributed by atoms with Crippen LogP contribution in [0.4, 0.5) is 0 Å². The maximum atomic E-state index is 11.8. The minimum atomic E-state index is -0.513. The normalized spacial score (nSPS) is 20.3. The van der Waals surface area contributed by atoms with Crippen molar-refractivity contribution in [3.8, 4) is 0 Å². The zero-order valence-corrected chi connectivity index (χ0v) is 18.7. The Hall–Kier alpha value is -0.610. The van der Waals surface area contributed by atoms with Crippen LogP contribution < -0.4 is 10.6 Å². The lowest BCUT2D eigenvalue weighted by molar-refractivity contribution is -0.145. The van der Waals surface area contributed by atoms with Crippen molar-refractivity contribution < 1.29 is 14.3 Å². The molecule has 1 heterocycles. The van der Waals surface area contributed by atoms with Gasteiger partial charge in [0.1, 0.15) is 6.54 Å². The van der Waals surface area contributed by atoms with Crippen LogP contribution in [0.25, 0.3) is 0 Å². The summed E-state index contributed by atoms with van der Waals surface area (Å²) >= 11 is 0. The third-order valence-corrected chi connectivity index (χ3v) is 4.92. The van der Waals surface area contributed by atoms with Crippen molar-refractivity contribution in [2.75, 3.05) is 46.9 Å². The van der Waals surface area contributed by atoms with Crippen LogP contribution in [0.5, 0.6) is 0 Å². The first-order valence-corrected chi connectivity index (χ1v) is 9.49. The third-order valence-electron chi connectivity index (χ3n) is 4.92. The van der Waals surface area contributed by atoms with Gasteiger partial charge >= 0.3 is 0 Å². The van der Waals surface area contributed by atoms with Gasteiger partial charge in [-0.05, 0) is 25.7 Å². The van der Waals surface area contributed by atoms with Crippen molar-refractivity contribution in [1.29, 1.82) is 0 Å². The molecule has 2 N–H and O–H groups in total. The number of aliphatic imine (C=N–C) groups is 1. The molecule has 1 amide bonds. The van der Waals surface area contributed by atoms with E-state index < -0.39 is 5.79 Å². The number of halogens is 1. The van der Waals surface area contributed by atoms with Gasteiger partial charge in [-0.3, -0.25) is 4.79 Å². The number of carbonyl (C=O) groups excluding carboxylic acids is 1. The minimum Gasteiger partial charge on any atom is -0.356 e. The lowest BCUT2D eigenvalue weighted by Gasteiger charge is -2.25. The Balaban J connectivity index is 0.00000338. The van der Waals surface area contributed by atoms with Crippen LogP contribution in [0.15, 0.2) is 4.99 Å². The number of amides is 1. The molecule has 0 bridgehead atoms. The monoisotopic (exact) mass is 482 g/mol. The Morgan fingerprint density at radius 1 is 1.15 bits per heavy atom. The number of hydrogen-bond donors (Lipinski definition) is 2. The van der Waals surface area contributed by atoms with Crippen molar-refractivity contribution in [2.24, 2.45) is 10.9 Å². The molecule has 7 nitrogen and oxygen atoms in total. The van der Waals surface area contributed by atoms with Gasteiger partial charge in [0, 0.05) is 33.6 Å². The van der Waals surface area contributed by atoms with Gasteiger partial charge in [-0.15, -0.1) is 24.0 Å². The van der Waals surface area contributed by atoms with E-state index in [4.69, 9.17) is 9.47 Å². The smallest absolute Gasteiger partial charge is 0.243 e. The average Bonchev–Trinajstić information content (AvgIpc) is 3.04. The topological polar surface area (TPSA) is 75.2 Å². The van der Waals surface area contributed by atoms with Crippen molar-refractivity contribution in [1.82, 2.24) is 15.5 Å². The Kier molecular flexibility index (Phi) is 10.8. The number of rotatable bonds is 7. The zero-order chi connectivity index (χ0) is 18.1. The molecule has 0 spiro atoms. The number of hydrogen-bond acceptors (Lipinski definition) is 4. The molecule has 2 aliphatic rings. The summed E-state index contributed by atoms with van der Waals surface area (Å²) in [7, 11) is 3.49. The summed E-state index contributed by atoms with van der Waals surface area (Å²) in [5.41, 5.74) is 0. The highest BCUT2D eigenvalue weighted by Gasteiger charge is 2.30. The van der Waals surface area contributed by atoms with Crippen LogP contribution >= 0.6 is 24.0 Å². The van der Waals surface area contributed by atoms with Crippen LogP contribution in [0.2, 0.25) is 0 Å². The minimum absolute atomic E-state index is 0. The number of likely N-dealkylation sites (N-methyl/N-ethyl adjacent to an activating group) is 1. The molecule has 0 aromatic rings. The first-order chi connectivity index (χ1) is 12.0. The van der Waals surface area contributed by atoms with E-state index in [9.17, 15) is 4.79 Å². The number of ether oxygens (including phenoxy) is 2. The summed E-state index contributed by atoms with van der Waals surface area (Å²) in [5.74, 6) is 0.876. The second-order valence-electron chi connectivity index (χ2n) is 7.35. The van der Waals surface area contributed by atoms with Gasteiger partial charge in [-0.25, -0.2) is 4.99 Å². The van der Waals surface area contributed by atoms with Crippen molar-refractivity contribution in [3.05, 3.63) is 0 Å². The predicted octanol–water partition coefficient (Wildman–Crippen LogP) is 1.96. The second-order valence-corrected chi connectivity index (χ2v) is 7.35. The summed E-state index contributed by atoms with van der Waals surface area (Å²) in [6.45, 7) is 5.00. The predicted molar refractivity (Wildman–Crippen MR) is 114 cm³/mol. The number of carbonyl (C=O) groups is 1. The summed E-state index contributed by atoms with van der Waals surface area (Å²) in [4.78, 5) is 17.8. The van der Waals surface area contributed by atoms with Crippen molar-refractivity contribution in [2.45, 2.75) is 51.2 Å². The van der Waals surface area contributed by atoms with Gasteiger partial charge in [0.15, 0.2) is 11.7 Å². The fourth-order valence-electron chi connectivity index (χ4n) is 3.20. The Bertz CT molecular complexity index is 448. The fourth-order valence-corrected chi connectivity index (χ4v) is 3.20. The molecular formula is C18H35IN4O3. The first-order valence-electron chi connectivity index (χ1n) is 9.49. The van der Waals surface area contributed by atoms with Crippen LogP contribution in [0, 0.1) is 5.92 Å². The zero-order valence-electron chi connectivity index (χ0n) is 16.4. The first kappa shape index (κ1) is 23.4. The Labute approximate surface area is 174 Å². The van der Waals surface area contributed by atoms with Gasteiger partial charge in [0.05, 0.1) is 13.2 Å². The highest BCUT2D eigenvalue weighted by molar-refractivity contribution is 14.0. The molecule has 0 unspecified atom stereocenters. The molecule has 0 aromatic carbocycles. The highest BCUT2D eigenvalue weighted by Crippen LogP contribution is 2.23. The van der Waals surface area contributed by atoms with Crippen LogP contribution in [-0.2, 0) is 14.3 Å². The van der Waals surface area contributed by atoms with Crippen molar-refractivity contribution in [3.63, 3.8) is 0 Å². The lowest BCUT2D eigenvalue weighted by atomic mass is 9.89.